The Morgan fingerprint density at radius 1 is 0.923 bits per heavy atom. The van der Waals surface area contributed by atoms with Gasteiger partial charge < -0.3 is 5.11 Å². The molecule has 146 valence electrons. The van der Waals surface area contributed by atoms with Crippen LogP contribution in [0.15, 0.2) is 16.6 Å². The SMILES string of the molecule is CC1(C)c2cc(Br)c(C(=O)O)cc2C(C)(C)C1(C)C.S=S=S=S=S=S=S. The molecular weight excluding hydrogens is 529 g/mol. The quantitative estimate of drug-likeness (QED) is 0.550. The zero-order valence-electron chi connectivity index (χ0n) is 15.2. The highest BCUT2D eigenvalue weighted by atomic mass is 79.9. The summed E-state index contributed by atoms with van der Waals surface area (Å²) >= 11 is 12.5. The van der Waals surface area contributed by atoms with Gasteiger partial charge in [0.05, 0.1) is 5.56 Å². The normalized spacial score (nSPS) is 17.8. The van der Waals surface area contributed by atoms with Crippen molar-refractivity contribution in [1.29, 1.82) is 0 Å². The summed E-state index contributed by atoms with van der Waals surface area (Å²) < 4.78 is 0.667. The number of carbonyl (C=O) groups is 1. The minimum Gasteiger partial charge on any atom is -0.478 e. The van der Waals surface area contributed by atoms with Crippen LogP contribution >= 0.6 is 15.9 Å². The molecule has 0 aromatic heterocycles. The second-order valence-electron chi connectivity index (χ2n) is 7.40. The molecule has 0 saturated carbocycles. The lowest BCUT2D eigenvalue weighted by Gasteiger charge is -2.44. The summed E-state index contributed by atoms with van der Waals surface area (Å²) in [6.07, 6.45) is 0. The maximum Gasteiger partial charge on any atom is 0.336 e. The summed E-state index contributed by atoms with van der Waals surface area (Å²) in [6, 6.07) is 3.84. The van der Waals surface area contributed by atoms with Crippen LogP contribution in [0, 0.1) is 5.41 Å². The van der Waals surface area contributed by atoms with E-state index in [0.717, 1.165) is 5.56 Å². The Bertz CT molecular complexity index is 916. The predicted octanol–water partition coefficient (Wildman–Crippen LogP) is 4.73. The zero-order valence-corrected chi connectivity index (χ0v) is 22.5. The standard InChI is InChI=1S/C16H21BrO2.S7/c1-14(2)10-7-9(13(18)19)12(17)8-11(10)15(3,4)16(14,5)6;1-3-5-7-6-4-2/h7-8H,1-6H3,(H,18,19);. The molecule has 2 rings (SSSR count). The number of hydrogen-bond donors (Lipinski definition) is 1. The van der Waals surface area contributed by atoms with E-state index in [-0.39, 0.29) is 16.2 Å². The number of hydrogen-bond acceptors (Lipinski definition) is 3. The fourth-order valence-corrected chi connectivity index (χ4v) is 12.0. The van der Waals surface area contributed by atoms with E-state index in [2.05, 4.69) is 79.8 Å². The Morgan fingerprint density at radius 3 is 1.73 bits per heavy atom. The third-order valence-corrected chi connectivity index (χ3v) is 15.5. The first-order chi connectivity index (χ1) is 11.9. The van der Waals surface area contributed by atoms with Crippen LogP contribution in [0.25, 0.3) is 0 Å². The Labute approximate surface area is 188 Å². The van der Waals surface area contributed by atoms with Crippen LogP contribution in [0.5, 0.6) is 0 Å². The van der Waals surface area contributed by atoms with Gasteiger partial charge >= 0.3 is 5.97 Å². The number of carboxylic acids is 1. The second-order valence-corrected chi connectivity index (χ2v) is 17.1. The van der Waals surface area contributed by atoms with E-state index in [0.29, 0.717) is 10.0 Å². The molecule has 26 heavy (non-hydrogen) atoms. The second kappa shape index (κ2) is 9.47. The van der Waals surface area contributed by atoms with Crippen LogP contribution in [0.2, 0.25) is 0 Å². The first-order valence-electron chi connectivity index (χ1n) is 7.52. The van der Waals surface area contributed by atoms with Crippen LogP contribution in [0.1, 0.15) is 63.0 Å². The summed E-state index contributed by atoms with van der Waals surface area (Å²) in [6.45, 7) is 13.4. The molecule has 2 nitrogen and oxygen atoms in total. The van der Waals surface area contributed by atoms with E-state index < -0.39 is 5.97 Å². The summed E-state index contributed by atoms with van der Waals surface area (Å²) in [7, 11) is 7.36. The summed E-state index contributed by atoms with van der Waals surface area (Å²) in [5.74, 6) is -0.881. The van der Waals surface area contributed by atoms with E-state index in [1.165, 1.54) is 23.3 Å². The Hall–Kier alpha value is 0.710. The van der Waals surface area contributed by atoms with Gasteiger partial charge in [0.15, 0.2) is 0 Å². The largest absolute Gasteiger partial charge is 0.478 e. The van der Waals surface area contributed by atoms with Gasteiger partial charge in [-0.25, -0.2) is 4.79 Å². The smallest absolute Gasteiger partial charge is 0.336 e. The molecule has 0 saturated heterocycles. The molecular formula is C16H21BrO2S7. The molecule has 1 aliphatic carbocycles. The summed E-state index contributed by atoms with van der Waals surface area (Å²) in [4.78, 5) is 11.3. The van der Waals surface area contributed by atoms with E-state index in [4.69, 9.17) is 0 Å². The van der Waals surface area contributed by atoms with E-state index >= 15 is 0 Å². The predicted molar refractivity (Wildman–Crippen MR) is 132 cm³/mol. The van der Waals surface area contributed by atoms with Crippen molar-refractivity contribution in [3.05, 3.63) is 33.3 Å². The van der Waals surface area contributed by atoms with Gasteiger partial charge in [0, 0.05) is 71.3 Å². The molecule has 0 fully saturated rings. The lowest BCUT2D eigenvalue weighted by molar-refractivity contribution is 0.0695. The molecule has 0 radical (unpaired) electrons. The maximum atomic E-state index is 11.3. The molecule has 0 amide bonds. The minimum atomic E-state index is -0.881. The van der Waals surface area contributed by atoms with Crippen molar-refractivity contribution >= 4 is 88.7 Å². The highest BCUT2D eigenvalue weighted by molar-refractivity contribution is 9.10. The van der Waals surface area contributed by atoms with Crippen molar-refractivity contribution in [1.82, 2.24) is 0 Å². The van der Waals surface area contributed by atoms with Crippen LogP contribution in [0.4, 0.5) is 0 Å². The molecule has 0 aliphatic heterocycles. The number of rotatable bonds is 1. The molecule has 1 aliphatic rings. The summed E-state index contributed by atoms with van der Waals surface area (Å²) in [5.41, 5.74) is 2.75. The van der Waals surface area contributed by atoms with Crippen LogP contribution in [-0.2, 0) is 77.6 Å². The van der Waals surface area contributed by atoms with Crippen LogP contribution in [0.3, 0.4) is 0 Å². The van der Waals surface area contributed by atoms with E-state index in [1.807, 2.05) is 12.1 Å². The molecule has 1 aromatic rings. The first kappa shape index (κ1) is 24.7. The lowest BCUT2D eigenvalue weighted by Crippen LogP contribution is -2.42. The molecule has 0 unspecified atom stereocenters. The van der Waals surface area contributed by atoms with Gasteiger partial charge in [0.1, 0.15) is 0 Å². The summed E-state index contributed by atoms with van der Waals surface area (Å²) in [5, 5.41) is 9.30. The Morgan fingerprint density at radius 2 is 1.35 bits per heavy atom. The number of carboxylic acid groups (broad SMARTS) is 1. The van der Waals surface area contributed by atoms with Gasteiger partial charge in [-0.2, -0.15) is 0 Å². The van der Waals surface area contributed by atoms with Gasteiger partial charge in [-0.05, 0) is 55.4 Å². The number of aromatic carboxylic acids is 1. The number of halogens is 1. The van der Waals surface area contributed by atoms with Crippen molar-refractivity contribution in [3.8, 4) is 0 Å². The first-order valence-corrected chi connectivity index (χ1v) is 16.3. The van der Waals surface area contributed by atoms with Crippen LogP contribution < -0.4 is 0 Å². The van der Waals surface area contributed by atoms with Crippen molar-refractivity contribution in [2.45, 2.75) is 52.4 Å². The van der Waals surface area contributed by atoms with Gasteiger partial charge in [0.2, 0.25) is 0 Å². The van der Waals surface area contributed by atoms with Crippen molar-refractivity contribution in [2.75, 3.05) is 0 Å². The maximum absolute atomic E-state index is 11.3. The molecule has 1 N–H and O–H groups in total. The van der Waals surface area contributed by atoms with Gasteiger partial charge in [0.25, 0.3) is 0 Å². The topological polar surface area (TPSA) is 37.3 Å². The number of benzene rings is 1. The van der Waals surface area contributed by atoms with Crippen molar-refractivity contribution in [3.63, 3.8) is 0 Å². The third-order valence-electron chi connectivity index (χ3n) is 5.92. The molecule has 0 heterocycles. The highest BCUT2D eigenvalue weighted by Gasteiger charge is 2.57. The zero-order chi connectivity index (χ0) is 20.3. The fraction of sp³-hybridized carbons (Fsp3) is 0.562. The average Bonchev–Trinajstić information content (AvgIpc) is 2.63. The Balaban J connectivity index is 0.000000412. The fourth-order valence-electron chi connectivity index (χ4n) is 3.26. The highest BCUT2D eigenvalue weighted by Crippen LogP contribution is 2.61. The van der Waals surface area contributed by atoms with Gasteiger partial charge in [-0.1, -0.05) is 41.5 Å². The minimum absolute atomic E-state index is 0.00534. The molecule has 0 bridgehead atoms. The lowest BCUT2D eigenvalue weighted by atomic mass is 9.59. The van der Waals surface area contributed by atoms with Crippen molar-refractivity contribution < 1.29 is 9.90 Å². The van der Waals surface area contributed by atoms with Crippen molar-refractivity contribution in [2.24, 2.45) is 5.41 Å². The third kappa shape index (κ3) is 4.64. The van der Waals surface area contributed by atoms with E-state index in [9.17, 15) is 9.90 Å². The van der Waals surface area contributed by atoms with Crippen LogP contribution in [-0.4, -0.2) is 11.1 Å². The number of fused-ring (bicyclic) bond motifs is 1. The monoisotopic (exact) mass is 548 g/mol. The molecule has 1 aromatic carbocycles. The Kier molecular flexibility index (Phi) is 9.02. The molecule has 10 heteroatoms. The molecule has 0 atom stereocenters. The van der Waals surface area contributed by atoms with Gasteiger partial charge in [-0.3, -0.25) is 0 Å². The van der Waals surface area contributed by atoms with E-state index in [1.54, 1.807) is 26.6 Å². The average molecular weight is 550 g/mol. The van der Waals surface area contributed by atoms with Gasteiger partial charge in [-0.15, -0.1) is 0 Å². The molecule has 0 spiro atoms.